The van der Waals surface area contributed by atoms with Crippen LogP contribution < -0.4 is 10.1 Å². The highest BCUT2D eigenvalue weighted by molar-refractivity contribution is 5.27. The van der Waals surface area contributed by atoms with Gasteiger partial charge in [-0.1, -0.05) is 25.8 Å². The Morgan fingerprint density at radius 3 is 2.74 bits per heavy atom. The summed E-state index contributed by atoms with van der Waals surface area (Å²) in [6.07, 6.45) is -0.420. The summed E-state index contributed by atoms with van der Waals surface area (Å²) in [6.45, 7) is -6.16. The van der Waals surface area contributed by atoms with Gasteiger partial charge in [0.25, 0.3) is 0 Å². The van der Waals surface area contributed by atoms with Crippen LogP contribution in [0.1, 0.15) is 28.9 Å². The zero-order chi connectivity index (χ0) is 20.0. The molecule has 0 aromatic heterocycles. The third-order valence-corrected chi connectivity index (χ3v) is 2.48. The quantitative estimate of drug-likeness (QED) is 0.718. The number of nitrogens with one attached hydrogen (secondary N) is 1. The summed E-state index contributed by atoms with van der Waals surface area (Å²) in [5.41, 5.74) is 1.07. The maximum Gasteiger partial charge on any atom is 0.119 e. The van der Waals surface area contributed by atoms with E-state index in [1.807, 2.05) is 12.1 Å². The number of methoxy groups -OCH3 is 1. The number of hydrogen-bond acceptors (Lipinski definition) is 4. The Morgan fingerprint density at radius 1 is 1.37 bits per heavy atom. The predicted molar refractivity (Wildman–Crippen MR) is 76.7 cm³/mol. The van der Waals surface area contributed by atoms with Crippen LogP contribution >= 0.6 is 0 Å². The Morgan fingerprint density at radius 2 is 2.11 bits per heavy atom. The van der Waals surface area contributed by atoms with Gasteiger partial charge in [-0.25, -0.2) is 0 Å². The van der Waals surface area contributed by atoms with Gasteiger partial charge in [-0.15, -0.1) is 0 Å². The molecule has 0 saturated carbocycles. The van der Waals surface area contributed by atoms with Crippen molar-refractivity contribution in [3.8, 4) is 5.75 Å². The highest BCUT2D eigenvalue weighted by Gasteiger charge is 2.05. The molecule has 19 heavy (non-hydrogen) atoms. The van der Waals surface area contributed by atoms with Crippen LogP contribution in [0.2, 0.25) is 0 Å². The zero-order valence-corrected chi connectivity index (χ0v) is 11.0. The van der Waals surface area contributed by atoms with E-state index in [9.17, 15) is 5.11 Å². The summed E-state index contributed by atoms with van der Waals surface area (Å²) in [6, 6.07) is 4.30. The molecule has 2 N–H and O–H groups in total. The Balaban J connectivity index is 2.54. The van der Waals surface area contributed by atoms with Crippen LogP contribution in [-0.4, -0.2) is 44.1 Å². The van der Waals surface area contributed by atoms with Crippen molar-refractivity contribution in [3.05, 3.63) is 29.8 Å². The third kappa shape index (κ3) is 7.15. The summed E-state index contributed by atoms with van der Waals surface area (Å²) in [5, 5.41) is 12.1. The van der Waals surface area contributed by atoms with Crippen LogP contribution in [0.3, 0.4) is 0 Å². The van der Waals surface area contributed by atoms with Gasteiger partial charge in [0.05, 0.1) is 6.61 Å². The smallest absolute Gasteiger partial charge is 0.119 e. The standard InChI is InChI=1S/C15H25NO3/c1-12(2)16-10-14(17)11-19-15-6-4-13(5-7-15)8-9-18-3/h4-7,12,14,16-17H,8-11H2,1-3H3/i1D3,2D3,12D. The molecule has 1 aromatic rings. The average Bonchev–Trinajstić information content (AvgIpc) is 2.54. The fraction of sp³-hybridized carbons (Fsp3) is 0.600. The molecule has 4 nitrogen and oxygen atoms in total. The molecule has 0 fully saturated rings. The van der Waals surface area contributed by atoms with Crippen molar-refractivity contribution in [1.82, 2.24) is 5.32 Å². The molecule has 0 aliphatic rings. The van der Waals surface area contributed by atoms with Gasteiger partial charge < -0.3 is 19.9 Å². The minimum atomic E-state index is -3.09. The molecule has 0 aliphatic heterocycles. The second-order valence-electron chi connectivity index (χ2n) is 4.11. The summed E-state index contributed by atoms with van der Waals surface area (Å²) in [7, 11) is 1.62. The second kappa shape index (κ2) is 8.91. The van der Waals surface area contributed by atoms with E-state index in [-0.39, 0.29) is 6.61 Å². The molecule has 0 radical (unpaired) electrons. The molecule has 1 aromatic carbocycles. The highest BCUT2D eigenvalue weighted by Crippen LogP contribution is 2.12. The minimum absolute atomic E-state index is 0.178. The first kappa shape index (κ1) is 8.25. The maximum atomic E-state index is 9.92. The lowest BCUT2D eigenvalue weighted by atomic mass is 10.1. The highest BCUT2D eigenvalue weighted by atomic mass is 16.5. The van der Waals surface area contributed by atoms with E-state index in [0.717, 1.165) is 12.0 Å². The number of aliphatic hydroxyl groups excluding tert-OH is 1. The van der Waals surface area contributed by atoms with Gasteiger partial charge in [-0.2, -0.15) is 0 Å². The molecule has 0 saturated heterocycles. The first-order valence-electron chi connectivity index (χ1n) is 9.54. The Labute approximate surface area is 125 Å². The van der Waals surface area contributed by atoms with Crippen LogP contribution in [-0.2, 0) is 11.2 Å². The molecule has 1 unspecified atom stereocenters. The lowest BCUT2D eigenvalue weighted by Gasteiger charge is -2.15. The summed E-state index contributed by atoms with van der Waals surface area (Å²) >= 11 is 0. The molecule has 0 heterocycles. The van der Waals surface area contributed by atoms with E-state index in [1.54, 1.807) is 19.2 Å². The summed E-state index contributed by atoms with van der Waals surface area (Å²) < 4.78 is 61.9. The van der Waals surface area contributed by atoms with E-state index in [1.165, 1.54) is 0 Å². The second-order valence-corrected chi connectivity index (χ2v) is 4.11. The van der Waals surface area contributed by atoms with Gasteiger partial charge >= 0.3 is 0 Å². The fourth-order valence-corrected chi connectivity index (χ4v) is 1.44. The van der Waals surface area contributed by atoms with Crippen molar-refractivity contribution >= 4 is 0 Å². The topological polar surface area (TPSA) is 50.7 Å². The van der Waals surface area contributed by atoms with E-state index in [4.69, 9.17) is 19.1 Å². The van der Waals surface area contributed by atoms with Crippen molar-refractivity contribution in [1.29, 1.82) is 0 Å². The Kier molecular flexibility index (Phi) is 3.87. The average molecular weight is 274 g/mol. The molecule has 1 atom stereocenters. The van der Waals surface area contributed by atoms with Crippen LogP contribution in [0, 0.1) is 0 Å². The first-order valence-corrected chi connectivity index (χ1v) is 6.04. The van der Waals surface area contributed by atoms with Crippen molar-refractivity contribution in [2.75, 3.05) is 26.9 Å². The molecular weight excluding hydrogens is 242 g/mol. The van der Waals surface area contributed by atoms with Crippen molar-refractivity contribution in [3.63, 3.8) is 0 Å². The van der Waals surface area contributed by atoms with E-state index < -0.39 is 32.4 Å². The van der Waals surface area contributed by atoms with Crippen molar-refractivity contribution < 1.29 is 24.2 Å². The third-order valence-electron chi connectivity index (χ3n) is 2.48. The molecule has 0 amide bonds. The van der Waals surface area contributed by atoms with Gasteiger partial charge in [0.15, 0.2) is 0 Å². The normalized spacial score (nSPS) is 20.0. The summed E-state index contributed by atoms with van der Waals surface area (Å²) in [4.78, 5) is 0. The van der Waals surface area contributed by atoms with E-state index in [0.29, 0.717) is 12.4 Å². The maximum absolute atomic E-state index is 9.92. The number of ether oxygens (including phenoxy) is 2. The Bertz CT molecular complexity index is 532. The number of aliphatic hydroxyl groups is 1. The Hall–Kier alpha value is -1.10. The zero-order valence-electron chi connectivity index (χ0n) is 18.0. The van der Waals surface area contributed by atoms with Gasteiger partial charge in [0, 0.05) is 29.3 Å². The van der Waals surface area contributed by atoms with Gasteiger partial charge in [0.2, 0.25) is 0 Å². The summed E-state index contributed by atoms with van der Waals surface area (Å²) in [5.74, 6) is 0.508. The molecule has 4 heteroatoms. The van der Waals surface area contributed by atoms with Crippen LogP contribution in [0.5, 0.6) is 5.75 Å². The molecule has 108 valence electrons. The molecule has 0 spiro atoms. The SMILES string of the molecule is [2H]C([2H])([2H])C([2H])(NCC(O)COc1ccc(CCOC)cc1)C([2H])([2H])[2H]. The van der Waals surface area contributed by atoms with Gasteiger partial charge in [-0.3, -0.25) is 0 Å². The van der Waals surface area contributed by atoms with Gasteiger partial charge in [-0.05, 0) is 24.1 Å². The molecule has 0 aliphatic carbocycles. The lowest BCUT2D eigenvalue weighted by Crippen LogP contribution is -2.35. The van der Waals surface area contributed by atoms with Crippen molar-refractivity contribution in [2.45, 2.75) is 32.2 Å². The van der Waals surface area contributed by atoms with Gasteiger partial charge in [0.1, 0.15) is 18.5 Å². The molecule has 0 bridgehead atoms. The first-order chi connectivity index (χ1) is 11.9. The van der Waals surface area contributed by atoms with Crippen LogP contribution in [0.25, 0.3) is 0 Å². The van der Waals surface area contributed by atoms with Crippen LogP contribution in [0.15, 0.2) is 24.3 Å². The molecule has 1 rings (SSSR count). The predicted octanol–water partition coefficient (Wildman–Crippen LogP) is 1.61. The van der Waals surface area contributed by atoms with Crippen molar-refractivity contribution in [2.24, 2.45) is 0 Å². The van der Waals surface area contributed by atoms with E-state index >= 15 is 0 Å². The number of hydrogen-bond donors (Lipinski definition) is 2. The number of rotatable bonds is 9. The minimum Gasteiger partial charge on any atom is -0.491 e. The fourth-order valence-electron chi connectivity index (χ4n) is 1.44. The van der Waals surface area contributed by atoms with Crippen LogP contribution in [0.4, 0.5) is 0 Å². The largest absolute Gasteiger partial charge is 0.491 e. The van der Waals surface area contributed by atoms with E-state index in [2.05, 4.69) is 5.32 Å². The monoisotopic (exact) mass is 274 g/mol. The lowest BCUT2D eigenvalue weighted by molar-refractivity contribution is 0.104. The number of benzene rings is 1. The molecular formula is C15H25NO3.